The summed E-state index contributed by atoms with van der Waals surface area (Å²) in [5.41, 5.74) is 1.81. The molecule has 0 aromatic carbocycles. The summed E-state index contributed by atoms with van der Waals surface area (Å²) in [5, 5.41) is 12.1. The highest BCUT2D eigenvalue weighted by molar-refractivity contribution is 6.01. The summed E-state index contributed by atoms with van der Waals surface area (Å²) < 4.78 is 16.4. The molecule has 206 valence electrons. The summed E-state index contributed by atoms with van der Waals surface area (Å²) in [5.74, 6) is 0.737. The number of ether oxygens (including phenoxy) is 3. The molecule has 2 aliphatic rings. The number of aromatic nitrogens is 2. The van der Waals surface area contributed by atoms with Crippen molar-refractivity contribution in [1.82, 2.24) is 14.9 Å². The highest BCUT2D eigenvalue weighted by Crippen LogP contribution is 2.29. The molecule has 0 saturated carbocycles. The van der Waals surface area contributed by atoms with Crippen LogP contribution in [0.15, 0.2) is 18.3 Å². The topological polar surface area (TPSA) is 147 Å². The van der Waals surface area contributed by atoms with Crippen molar-refractivity contribution in [1.29, 1.82) is 5.26 Å². The Labute approximate surface area is 226 Å². The maximum absolute atomic E-state index is 13.3. The quantitative estimate of drug-likeness (QED) is 0.478. The molecule has 1 saturated heterocycles. The Morgan fingerprint density at radius 3 is 2.90 bits per heavy atom. The van der Waals surface area contributed by atoms with Gasteiger partial charge in [-0.1, -0.05) is 0 Å². The Kier molecular flexibility index (Phi) is 9.06. The first-order valence-corrected chi connectivity index (χ1v) is 12.8. The van der Waals surface area contributed by atoms with Gasteiger partial charge in [-0.15, -0.1) is 0 Å². The van der Waals surface area contributed by atoms with Crippen molar-refractivity contribution in [3.8, 4) is 11.8 Å². The minimum atomic E-state index is -0.480. The van der Waals surface area contributed by atoms with E-state index in [4.69, 9.17) is 14.2 Å². The van der Waals surface area contributed by atoms with E-state index >= 15 is 0 Å². The predicted octanol–water partition coefficient (Wildman–Crippen LogP) is 2.70. The van der Waals surface area contributed by atoms with Gasteiger partial charge in [0.15, 0.2) is 6.29 Å². The number of rotatable bonds is 9. The highest BCUT2D eigenvalue weighted by atomic mass is 16.5. The van der Waals surface area contributed by atoms with Gasteiger partial charge in [0.2, 0.25) is 0 Å². The fraction of sp³-hybridized carbons (Fsp3) is 0.481. The third kappa shape index (κ3) is 6.50. The van der Waals surface area contributed by atoms with Crippen molar-refractivity contribution in [2.75, 3.05) is 44.1 Å². The number of nitrogens with one attached hydrogen (secondary N) is 1. The third-order valence-electron chi connectivity index (χ3n) is 6.57. The van der Waals surface area contributed by atoms with Gasteiger partial charge in [-0.05, 0) is 44.2 Å². The number of likely N-dealkylation sites (N-methyl/N-ethyl adjacent to an activating group) is 1. The number of amides is 3. The Balaban J connectivity index is 1.52. The number of pyridine rings is 2. The molecule has 12 nitrogen and oxygen atoms in total. The number of urea groups is 1. The molecule has 0 radical (unpaired) electrons. The SMILES string of the molecule is COC[C@@H](C)Oc1cc(NC(=O)N2CCCc3cc(CN(C)C(=O)[C@H]4CCCO4)c(C=O)nc32)ncc1C#N. The molecule has 2 aromatic heterocycles. The number of nitriles is 1. The van der Waals surface area contributed by atoms with E-state index in [1.807, 2.05) is 12.1 Å². The van der Waals surface area contributed by atoms with E-state index < -0.39 is 12.1 Å². The summed E-state index contributed by atoms with van der Waals surface area (Å²) in [6.07, 6.45) is 4.09. The number of anilines is 2. The number of aryl methyl sites for hydroxylation is 1. The van der Waals surface area contributed by atoms with Crippen LogP contribution in [0.1, 0.15) is 53.4 Å². The molecular formula is C27H32N6O6. The third-order valence-corrected chi connectivity index (χ3v) is 6.57. The Hall–Kier alpha value is -4.08. The van der Waals surface area contributed by atoms with Crippen molar-refractivity contribution >= 4 is 29.9 Å². The minimum absolute atomic E-state index is 0.127. The van der Waals surface area contributed by atoms with Crippen LogP contribution < -0.4 is 15.0 Å². The maximum Gasteiger partial charge on any atom is 0.328 e. The molecule has 1 fully saturated rings. The lowest BCUT2D eigenvalue weighted by Crippen LogP contribution is -2.40. The van der Waals surface area contributed by atoms with Crippen LogP contribution in [-0.4, -0.2) is 79.2 Å². The van der Waals surface area contributed by atoms with Gasteiger partial charge < -0.3 is 19.1 Å². The lowest BCUT2D eigenvalue weighted by molar-refractivity contribution is -0.140. The van der Waals surface area contributed by atoms with Crippen LogP contribution in [0, 0.1) is 11.3 Å². The largest absolute Gasteiger partial charge is 0.487 e. The number of fused-ring (bicyclic) bond motifs is 1. The first-order chi connectivity index (χ1) is 18.8. The van der Waals surface area contributed by atoms with E-state index in [-0.39, 0.29) is 41.4 Å². The normalized spacial score (nSPS) is 17.1. The van der Waals surface area contributed by atoms with Crippen LogP contribution in [0.4, 0.5) is 16.4 Å². The summed E-state index contributed by atoms with van der Waals surface area (Å²) in [7, 11) is 3.23. The number of hydrogen-bond donors (Lipinski definition) is 1. The van der Waals surface area contributed by atoms with Crippen LogP contribution in [0.3, 0.4) is 0 Å². The van der Waals surface area contributed by atoms with E-state index in [1.54, 1.807) is 26.0 Å². The highest BCUT2D eigenvalue weighted by Gasteiger charge is 2.29. The van der Waals surface area contributed by atoms with Crippen LogP contribution in [-0.2, 0) is 27.2 Å². The second kappa shape index (κ2) is 12.6. The fourth-order valence-electron chi connectivity index (χ4n) is 4.69. The second-order valence-corrected chi connectivity index (χ2v) is 9.58. The van der Waals surface area contributed by atoms with Gasteiger partial charge in [0.05, 0.1) is 12.8 Å². The molecular weight excluding hydrogens is 504 g/mol. The average Bonchev–Trinajstić information content (AvgIpc) is 3.47. The fourth-order valence-corrected chi connectivity index (χ4v) is 4.69. The Bertz CT molecular complexity index is 1270. The molecule has 2 aromatic rings. The van der Waals surface area contributed by atoms with E-state index in [1.165, 1.54) is 17.2 Å². The first kappa shape index (κ1) is 27.9. The molecule has 4 heterocycles. The van der Waals surface area contributed by atoms with Gasteiger partial charge in [-0.25, -0.2) is 14.8 Å². The van der Waals surface area contributed by atoms with E-state index in [0.717, 1.165) is 12.0 Å². The lowest BCUT2D eigenvalue weighted by atomic mass is 10.0. The van der Waals surface area contributed by atoms with Crippen LogP contribution in [0.2, 0.25) is 0 Å². The van der Waals surface area contributed by atoms with Crippen molar-refractivity contribution in [2.24, 2.45) is 0 Å². The van der Waals surface area contributed by atoms with Gasteiger partial charge in [-0.2, -0.15) is 5.26 Å². The predicted molar refractivity (Wildman–Crippen MR) is 141 cm³/mol. The van der Waals surface area contributed by atoms with Crippen LogP contribution in [0.5, 0.6) is 5.75 Å². The van der Waals surface area contributed by atoms with Crippen molar-refractivity contribution in [2.45, 2.75) is 51.4 Å². The number of hydrogen-bond acceptors (Lipinski definition) is 9. The van der Waals surface area contributed by atoms with Gasteiger partial charge in [0.1, 0.15) is 46.9 Å². The standard InChI is InChI=1S/C27H32N6O6/c1-17(16-37-3)39-23-11-24(29-13-20(23)12-28)31-27(36)33-8-4-6-18-10-19(21(15-34)30-25(18)33)14-32(2)26(35)22-7-5-9-38-22/h10-11,13,15,17,22H,4-9,14,16H2,1-3H3,(H,29,31,36)/t17-,22-/m1/s1. The number of aldehydes is 1. The van der Waals surface area contributed by atoms with Gasteiger partial charge in [-0.3, -0.25) is 19.8 Å². The smallest absolute Gasteiger partial charge is 0.328 e. The van der Waals surface area contributed by atoms with E-state index in [9.17, 15) is 19.6 Å². The molecule has 0 spiro atoms. The number of carbonyl (C=O) groups is 3. The Morgan fingerprint density at radius 1 is 1.38 bits per heavy atom. The molecule has 3 amide bonds. The first-order valence-electron chi connectivity index (χ1n) is 12.8. The lowest BCUT2D eigenvalue weighted by Gasteiger charge is -2.29. The van der Waals surface area contributed by atoms with Gasteiger partial charge in [0.25, 0.3) is 5.91 Å². The zero-order valence-corrected chi connectivity index (χ0v) is 22.3. The minimum Gasteiger partial charge on any atom is -0.487 e. The molecule has 2 atom stereocenters. The van der Waals surface area contributed by atoms with Crippen molar-refractivity contribution in [3.05, 3.63) is 40.7 Å². The molecule has 39 heavy (non-hydrogen) atoms. The van der Waals surface area contributed by atoms with E-state index in [0.29, 0.717) is 56.7 Å². The number of nitrogens with zero attached hydrogens (tertiary/aromatic N) is 5. The summed E-state index contributed by atoms with van der Waals surface area (Å²) in [6, 6.07) is 4.88. The van der Waals surface area contributed by atoms with Gasteiger partial charge >= 0.3 is 6.03 Å². The summed E-state index contributed by atoms with van der Waals surface area (Å²) >= 11 is 0. The maximum atomic E-state index is 13.3. The second-order valence-electron chi connectivity index (χ2n) is 9.58. The molecule has 0 unspecified atom stereocenters. The van der Waals surface area contributed by atoms with Crippen LogP contribution >= 0.6 is 0 Å². The van der Waals surface area contributed by atoms with Crippen molar-refractivity contribution < 1.29 is 28.6 Å². The molecule has 2 aliphatic heterocycles. The monoisotopic (exact) mass is 536 g/mol. The zero-order valence-electron chi connectivity index (χ0n) is 22.3. The molecule has 4 rings (SSSR count). The average molecular weight is 537 g/mol. The molecule has 1 N–H and O–H groups in total. The van der Waals surface area contributed by atoms with Crippen molar-refractivity contribution in [3.63, 3.8) is 0 Å². The van der Waals surface area contributed by atoms with Gasteiger partial charge in [0, 0.05) is 45.5 Å². The Morgan fingerprint density at radius 2 is 2.21 bits per heavy atom. The number of methoxy groups -OCH3 is 1. The van der Waals surface area contributed by atoms with E-state index in [2.05, 4.69) is 15.3 Å². The summed E-state index contributed by atoms with van der Waals surface area (Å²) in [4.78, 5) is 49.6. The number of carbonyl (C=O) groups excluding carboxylic acids is 3. The van der Waals surface area contributed by atoms with Crippen LogP contribution in [0.25, 0.3) is 0 Å². The molecule has 0 aliphatic carbocycles. The molecule has 0 bridgehead atoms. The summed E-state index contributed by atoms with van der Waals surface area (Å²) in [6.45, 7) is 3.30. The molecule has 12 heteroatoms. The zero-order chi connectivity index (χ0) is 27.9.